The summed E-state index contributed by atoms with van der Waals surface area (Å²) in [7, 11) is -2.82. The number of hydrogen-bond acceptors (Lipinski definition) is 5. The third-order valence-electron chi connectivity index (χ3n) is 2.45. The van der Waals surface area contributed by atoms with Gasteiger partial charge in [0.2, 0.25) is 0 Å². The van der Waals surface area contributed by atoms with Crippen molar-refractivity contribution in [3.8, 4) is 0 Å². The van der Waals surface area contributed by atoms with Gasteiger partial charge in [-0.25, -0.2) is 4.57 Å². The Kier molecular flexibility index (Phi) is 11.8. The molecule has 1 N–H and O–H groups in total. The number of ether oxygens (including phenoxy) is 2. The highest BCUT2D eigenvalue weighted by Gasteiger charge is 2.21. The molecule has 0 aliphatic rings. The van der Waals surface area contributed by atoms with Gasteiger partial charge < -0.3 is 14.4 Å². The van der Waals surface area contributed by atoms with Crippen LogP contribution in [0.2, 0.25) is 0 Å². The Morgan fingerprint density at radius 2 is 1.74 bits per heavy atom. The Morgan fingerprint density at radius 3 is 2.32 bits per heavy atom. The van der Waals surface area contributed by atoms with E-state index in [4.69, 9.17) is 18.9 Å². The molecule has 0 heterocycles. The smallest absolute Gasteiger partial charge is 0.379 e. The van der Waals surface area contributed by atoms with Gasteiger partial charge in [0.25, 0.3) is 0 Å². The highest BCUT2D eigenvalue weighted by molar-refractivity contribution is 7.47. The first-order valence-electron chi connectivity index (χ1n) is 6.78. The summed E-state index contributed by atoms with van der Waals surface area (Å²) in [4.78, 5) is 9.17. The zero-order valence-electron chi connectivity index (χ0n) is 12.2. The van der Waals surface area contributed by atoms with Crippen LogP contribution in [0.3, 0.4) is 0 Å². The second-order valence-corrected chi connectivity index (χ2v) is 5.78. The lowest BCUT2D eigenvalue weighted by Gasteiger charge is -2.19. The maximum Gasteiger partial charge on any atom is 0.472 e. The fraction of sp³-hybridized carbons (Fsp3) is 1.00. The summed E-state index contributed by atoms with van der Waals surface area (Å²) in [6.45, 7) is 5.74. The number of phosphoric ester groups is 1. The van der Waals surface area contributed by atoms with Gasteiger partial charge in [0.1, 0.15) is 6.10 Å². The minimum atomic E-state index is -3.95. The van der Waals surface area contributed by atoms with Gasteiger partial charge in [-0.1, -0.05) is 26.7 Å². The van der Waals surface area contributed by atoms with Gasteiger partial charge in [-0.2, -0.15) is 0 Å². The van der Waals surface area contributed by atoms with Crippen LogP contribution in [-0.4, -0.2) is 44.5 Å². The van der Waals surface area contributed by atoms with Crippen molar-refractivity contribution in [2.45, 2.75) is 45.6 Å². The van der Waals surface area contributed by atoms with Gasteiger partial charge >= 0.3 is 7.82 Å². The van der Waals surface area contributed by atoms with E-state index < -0.39 is 7.82 Å². The Hall–Kier alpha value is 0.0300. The van der Waals surface area contributed by atoms with Crippen LogP contribution in [0, 0.1) is 0 Å². The first-order chi connectivity index (χ1) is 9.05. The third kappa shape index (κ3) is 11.5. The van der Waals surface area contributed by atoms with Crippen molar-refractivity contribution >= 4 is 7.82 Å². The van der Waals surface area contributed by atoms with Crippen LogP contribution >= 0.6 is 7.82 Å². The molecule has 0 saturated heterocycles. The third-order valence-corrected chi connectivity index (χ3v) is 3.39. The van der Waals surface area contributed by atoms with Crippen molar-refractivity contribution < 1.29 is 28.0 Å². The predicted octanol–water partition coefficient (Wildman–Crippen LogP) is 2.75. The molecule has 0 rings (SSSR count). The molecular weight excluding hydrogens is 271 g/mol. The van der Waals surface area contributed by atoms with Gasteiger partial charge in [0.15, 0.2) is 0 Å². The Balaban J connectivity index is 3.98. The minimum Gasteiger partial charge on any atom is -0.379 e. The molecule has 0 aromatic rings. The normalized spacial score (nSPS) is 16.2. The summed E-state index contributed by atoms with van der Waals surface area (Å²) >= 11 is 0. The zero-order chi connectivity index (χ0) is 14.6. The molecule has 2 unspecified atom stereocenters. The fourth-order valence-electron chi connectivity index (χ4n) is 1.23. The van der Waals surface area contributed by atoms with E-state index in [1.54, 1.807) is 0 Å². The van der Waals surface area contributed by atoms with Gasteiger partial charge in [-0.15, -0.1) is 0 Å². The van der Waals surface area contributed by atoms with Crippen LogP contribution in [0.1, 0.15) is 39.5 Å². The summed E-state index contributed by atoms with van der Waals surface area (Å²) in [6.07, 6.45) is 3.67. The molecule has 7 heteroatoms. The molecule has 0 aliphatic heterocycles. The molecule has 0 fully saturated rings. The first-order valence-corrected chi connectivity index (χ1v) is 8.27. The van der Waals surface area contributed by atoms with Crippen molar-refractivity contribution in [1.29, 1.82) is 0 Å². The molecule has 0 saturated carbocycles. The molecule has 0 spiro atoms. The summed E-state index contributed by atoms with van der Waals surface area (Å²) in [6, 6.07) is 0. The van der Waals surface area contributed by atoms with E-state index in [-0.39, 0.29) is 12.7 Å². The largest absolute Gasteiger partial charge is 0.472 e. The molecule has 6 nitrogen and oxygen atoms in total. The Labute approximate surface area is 116 Å². The number of rotatable bonds is 13. The zero-order valence-corrected chi connectivity index (χ0v) is 13.1. The van der Waals surface area contributed by atoms with Crippen LogP contribution in [0.15, 0.2) is 0 Å². The molecule has 0 radical (unpaired) electrons. The molecule has 0 aromatic heterocycles. The molecule has 19 heavy (non-hydrogen) atoms. The van der Waals surface area contributed by atoms with Gasteiger partial charge in [0, 0.05) is 20.3 Å². The van der Waals surface area contributed by atoms with Crippen LogP contribution in [-0.2, 0) is 23.1 Å². The van der Waals surface area contributed by atoms with E-state index in [1.165, 1.54) is 0 Å². The summed E-state index contributed by atoms with van der Waals surface area (Å²) in [5.74, 6) is 0. The van der Waals surface area contributed by atoms with E-state index >= 15 is 0 Å². The van der Waals surface area contributed by atoms with Crippen molar-refractivity contribution in [1.82, 2.24) is 0 Å². The lowest BCUT2D eigenvalue weighted by molar-refractivity contribution is -0.0432. The maximum atomic E-state index is 11.2. The fourth-order valence-corrected chi connectivity index (χ4v) is 1.69. The molecule has 0 amide bonds. The van der Waals surface area contributed by atoms with Crippen LogP contribution in [0.25, 0.3) is 0 Å². The highest BCUT2D eigenvalue weighted by atomic mass is 31.2. The van der Waals surface area contributed by atoms with Crippen molar-refractivity contribution in [3.05, 3.63) is 0 Å². The topological polar surface area (TPSA) is 74.2 Å². The molecule has 0 aromatic carbocycles. The molecule has 116 valence electrons. The van der Waals surface area contributed by atoms with Crippen molar-refractivity contribution in [2.75, 3.05) is 33.5 Å². The van der Waals surface area contributed by atoms with E-state index in [9.17, 15) is 4.57 Å². The Bertz CT molecular complexity index is 248. The monoisotopic (exact) mass is 298 g/mol. The standard InChI is InChI=1S/C12H27O6P/c1-4-6-8-16-10-12(17-9-7-5-2)11-18-19(13,14)15-3/h12H,4-11H2,1-3H3,(H,13,14). The Morgan fingerprint density at radius 1 is 1.11 bits per heavy atom. The second kappa shape index (κ2) is 11.8. The van der Waals surface area contributed by atoms with Crippen molar-refractivity contribution in [2.24, 2.45) is 0 Å². The quantitative estimate of drug-likeness (QED) is 0.416. The highest BCUT2D eigenvalue weighted by Crippen LogP contribution is 2.41. The molecule has 0 bridgehead atoms. The summed E-state index contributed by atoms with van der Waals surface area (Å²) in [5, 5.41) is 0. The summed E-state index contributed by atoms with van der Waals surface area (Å²) < 4.78 is 31.4. The average Bonchev–Trinajstić information content (AvgIpc) is 2.40. The lowest BCUT2D eigenvalue weighted by atomic mass is 10.3. The molecule has 0 aliphatic carbocycles. The maximum absolute atomic E-state index is 11.2. The van der Waals surface area contributed by atoms with Crippen LogP contribution in [0.4, 0.5) is 0 Å². The van der Waals surface area contributed by atoms with E-state index in [1.807, 2.05) is 0 Å². The van der Waals surface area contributed by atoms with Crippen molar-refractivity contribution in [3.63, 3.8) is 0 Å². The number of phosphoric acid groups is 1. The van der Waals surface area contributed by atoms with E-state index in [0.717, 1.165) is 32.8 Å². The van der Waals surface area contributed by atoms with Gasteiger partial charge in [0.05, 0.1) is 13.2 Å². The van der Waals surface area contributed by atoms with Crippen LogP contribution < -0.4 is 0 Å². The lowest BCUT2D eigenvalue weighted by Crippen LogP contribution is -2.26. The van der Waals surface area contributed by atoms with Crippen LogP contribution in [0.5, 0.6) is 0 Å². The SMILES string of the molecule is CCCCOCC(COP(=O)(O)OC)OCCCC. The second-order valence-electron chi connectivity index (χ2n) is 4.22. The van der Waals surface area contributed by atoms with Gasteiger partial charge in [-0.3, -0.25) is 9.05 Å². The number of hydrogen-bond donors (Lipinski definition) is 1. The van der Waals surface area contributed by atoms with E-state index in [2.05, 4.69) is 18.4 Å². The summed E-state index contributed by atoms with van der Waals surface area (Å²) in [5.41, 5.74) is 0. The predicted molar refractivity (Wildman–Crippen MR) is 73.2 cm³/mol. The average molecular weight is 298 g/mol. The number of unbranched alkanes of at least 4 members (excludes halogenated alkanes) is 2. The molecular formula is C12H27O6P. The molecule has 2 atom stereocenters. The minimum absolute atomic E-state index is 0.0164. The first kappa shape index (κ1) is 19.0. The van der Waals surface area contributed by atoms with E-state index in [0.29, 0.717) is 19.8 Å². The van der Waals surface area contributed by atoms with Gasteiger partial charge in [-0.05, 0) is 12.8 Å².